The molecule has 0 atom stereocenters. The van der Waals surface area contributed by atoms with Gasteiger partial charge in [0.1, 0.15) is 74.3 Å². The largest absolute Gasteiger partial charge is 0.435 e. The maximum Gasteiger partial charge on any atom is 0.419 e. The first-order chi connectivity index (χ1) is 64.3. The number of benzene rings is 5. The summed E-state index contributed by atoms with van der Waals surface area (Å²) in [5, 5.41) is 45.9. The number of H-pyrrole nitrogens is 5. The van der Waals surface area contributed by atoms with Gasteiger partial charge in [-0.3, -0.25) is 25.5 Å². The second kappa shape index (κ2) is 39.1. The van der Waals surface area contributed by atoms with Crippen LogP contribution in [0.15, 0.2) is 134 Å². The van der Waals surface area contributed by atoms with Gasteiger partial charge in [-0.1, -0.05) is 146 Å². The third kappa shape index (κ3) is 20.4. The first-order valence-corrected chi connectivity index (χ1v) is 45.4. The van der Waals surface area contributed by atoms with Gasteiger partial charge in [0.2, 0.25) is 28.2 Å². The number of aromatic nitrogens is 20. The van der Waals surface area contributed by atoms with E-state index in [1.165, 1.54) is 43.2 Å². The minimum Gasteiger partial charge on any atom is -0.435 e. The van der Waals surface area contributed by atoms with Crippen molar-refractivity contribution in [3.63, 3.8) is 0 Å². The molecule has 7 N–H and O–H groups in total. The van der Waals surface area contributed by atoms with Crippen molar-refractivity contribution in [1.29, 1.82) is 5.26 Å². The van der Waals surface area contributed by atoms with Crippen molar-refractivity contribution in [3.8, 4) is 80.4 Å². The Kier molecular flexibility index (Phi) is 27.4. The van der Waals surface area contributed by atoms with Crippen molar-refractivity contribution in [2.24, 2.45) is 27.4 Å². The number of ether oxygens (including phenoxy) is 1. The Balaban J connectivity index is 0.000000122. The topological polar surface area (TPSA) is 348 Å². The fourth-order valence-corrected chi connectivity index (χ4v) is 17.6. The molecule has 5 aromatic carbocycles. The Morgan fingerprint density at radius 2 is 0.761 bits per heavy atom. The summed E-state index contributed by atoms with van der Waals surface area (Å²) in [7, 11) is 0. The number of nitriles is 1. The molecule has 5 saturated heterocycles. The summed E-state index contributed by atoms with van der Waals surface area (Å²) in [6.45, 7) is 24.3. The Hall–Kier alpha value is -13.3. The van der Waals surface area contributed by atoms with E-state index in [0.29, 0.717) is 116 Å². The van der Waals surface area contributed by atoms with Gasteiger partial charge in [0.25, 0.3) is 0 Å². The molecule has 5 fully saturated rings. The van der Waals surface area contributed by atoms with Crippen molar-refractivity contribution in [3.05, 3.63) is 173 Å². The molecule has 134 heavy (non-hydrogen) atoms. The number of hydrogen-bond donors (Lipinski definition) is 6. The molecule has 28 nitrogen and oxygen atoms in total. The van der Waals surface area contributed by atoms with Gasteiger partial charge in [-0.25, -0.2) is 63.0 Å². The maximum atomic E-state index is 14.5. The molecular weight excluding hydrogens is 1770 g/mol. The van der Waals surface area contributed by atoms with Crippen LogP contribution in [0.3, 0.4) is 0 Å². The zero-order valence-corrected chi connectivity index (χ0v) is 76.8. The Morgan fingerprint density at radius 1 is 0.433 bits per heavy atom. The van der Waals surface area contributed by atoms with Crippen LogP contribution in [0.25, 0.3) is 112 Å². The van der Waals surface area contributed by atoms with Crippen molar-refractivity contribution >= 4 is 108 Å². The molecule has 0 radical (unpaired) electrons. The second-order valence-corrected chi connectivity index (χ2v) is 37.1. The fraction of sp³-hybridized carbons (Fsp3) is 0.396. The van der Waals surface area contributed by atoms with Crippen LogP contribution in [0.5, 0.6) is 5.75 Å². The van der Waals surface area contributed by atoms with Crippen LogP contribution in [0.1, 0.15) is 150 Å². The van der Waals surface area contributed by atoms with Gasteiger partial charge in [-0.2, -0.15) is 52.7 Å². The highest BCUT2D eigenvalue weighted by molar-refractivity contribution is 6.33. The third-order valence-electron chi connectivity index (χ3n) is 27.1. The number of aromatic amines is 5. The Bertz CT molecular complexity index is 6780. The molecule has 15 aromatic rings. The average Bonchev–Trinajstić information content (AvgIpc) is 1.68. The normalized spacial score (nSPS) is 16.8. The van der Waals surface area contributed by atoms with E-state index in [2.05, 4.69) is 192 Å². The van der Waals surface area contributed by atoms with Crippen LogP contribution in [0, 0.1) is 62.8 Å². The monoisotopic (exact) mass is 1870 g/mol. The van der Waals surface area contributed by atoms with Crippen LogP contribution in [0.4, 0.5) is 64.2 Å². The summed E-state index contributed by atoms with van der Waals surface area (Å²) in [4.78, 5) is 56.5. The predicted molar refractivity (Wildman–Crippen MR) is 504 cm³/mol. The molecule has 0 amide bonds. The van der Waals surface area contributed by atoms with Crippen molar-refractivity contribution in [2.45, 2.75) is 157 Å². The summed E-state index contributed by atoms with van der Waals surface area (Å²) >= 11 is 12.4. The van der Waals surface area contributed by atoms with E-state index < -0.39 is 41.3 Å². The van der Waals surface area contributed by atoms with Gasteiger partial charge < -0.3 is 35.0 Å². The first-order valence-electron chi connectivity index (χ1n) is 44.6. The van der Waals surface area contributed by atoms with E-state index in [9.17, 15) is 40.4 Å². The molecule has 0 unspecified atom stereocenters. The first kappa shape index (κ1) is 93.9. The molecule has 696 valence electrons. The SMILES string of the molecule is C#CC1(N)CCN(c2cnc3c(-c4ccccc4Cl)[nH]nc3n2)CC1.CC1(C)CCN(c2cnc3c(-c4ccc(OC(F)F)cc4)[nH]nc3n2)CC1.CCC1(C)CCN(c2cnc3c(-c4cccc(C(F)(F)F)c4F)[nH]nc3n2)CC1.CCC1(C)CCN(c2cnc3c(-c4cccc(Cl)c4C#N)[nH]nc3n2)CC1.CCC1(C)CCN(c2cnc3c(-c4cccc(F)c4F)[nH]nc3n2)CC1. The van der Waals surface area contributed by atoms with Crippen molar-refractivity contribution < 1.29 is 39.9 Å². The highest BCUT2D eigenvalue weighted by Crippen LogP contribution is 2.44. The number of alkyl halides is 5. The highest BCUT2D eigenvalue weighted by Gasteiger charge is 2.38. The minimum absolute atomic E-state index is 0.0832. The summed E-state index contributed by atoms with van der Waals surface area (Å²) in [6, 6.07) is 28.6. The Morgan fingerprint density at radius 3 is 1.14 bits per heavy atom. The molecular formula is C96H101Cl2F8N27O. The lowest BCUT2D eigenvalue weighted by atomic mass is 9.78. The van der Waals surface area contributed by atoms with Crippen LogP contribution in [-0.4, -0.2) is 178 Å². The molecule has 0 aliphatic carbocycles. The fourth-order valence-electron chi connectivity index (χ4n) is 17.1. The standard InChI is InChI=1S/C20H21ClN6.C20H21F4N5.C19H21F2N5O.C19H21F2N5.C18H17ClN6/c1-3-20(2)7-9-27(10-8-20)16-12-23-18-17(25-26-19(18)24-16)13-5-4-6-15(21)14(13)11-22;1-3-19(2)7-9-29(10-8-19)14-11-25-17-16(27-28-18(17)26-14)12-5-4-6-13(15(12)21)20(22,23)24;1-19(2)7-9-26(10-8-19)14-11-22-16-15(24-25-17(16)23-14)12-3-5-13(6-4-12)27-18(20)21;1-3-19(2)7-9-26(10-8-19)14-11-22-17-16(24-25-18(17)23-14)12-5-4-6-13(20)15(12)21;1-2-18(20)7-9-25(10-8-18)14-11-21-16-15(23-24-17(16)22-14)12-5-3-4-6-13(12)19/h4-6,12H,3,7-10H2,1-2H3,(H,24,25,26);4-6,11H,3,7-10H2,1-2H3,(H,26,27,28);3-6,11,18H,7-10H2,1-2H3,(H,23,24,25);4-6,11H,3,7-10H2,1-2H3,(H,23,24,25);1,3-6,11H,7-10,20H2,(H,22,23,24). The molecule has 0 bridgehead atoms. The van der Waals surface area contributed by atoms with Crippen LogP contribution in [-0.2, 0) is 6.18 Å². The van der Waals surface area contributed by atoms with E-state index in [4.69, 9.17) is 40.3 Å². The van der Waals surface area contributed by atoms with Gasteiger partial charge in [0.05, 0.1) is 86.2 Å². The van der Waals surface area contributed by atoms with Gasteiger partial charge in [0, 0.05) is 93.3 Å². The highest BCUT2D eigenvalue weighted by atomic mass is 35.5. The Labute approximate surface area is 777 Å². The van der Waals surface area contributed by atoms with E-state index in [0.717, 1.165) is 188 Å². The number of fused-ring (bicyclic) bond motifs is 5. The molecule has 0 spiro atoms. The molecule has 5 aliphatic heterocycles. The molecule has 38 heteroatoms. The maximum absolute atomic E-state index is 14.5. The van der Waals surface area contributed by atoms with E-state index in [1.54, 1.807) is 49.2 Å². The summed E-state index contributed by atoms with van der Waals surface area (Å²) < 4.78 is 110. The number of rotatable bonds is 15. The molecule has 20 rings (SSSR count). The molecule has 10 aromatic heterocycles. The zero-order chi connectivity index (χ0) is 94.6. The van der Waals surface area contributed by atoms with Crippen molar-refractivity contribution in [1.82, 2.24) is 101 Å². The number of halogens is 10. The number of nitrogens with two attached hydrogens (primary N) is 1. The smallest absolute Gasteiger partial charge is 0.419 e. The van der Waals surface area contributed by atoms with E-state index in [1.807, 2.05) is 36.4 Å². The predicted octanol–water partition coefficient (Wildman–Crippen LogP) is 20.9. The zero-order valence-electron chi connectivity index (χ0n) is 75.3. The van der Waals surface area contributed by atoms with Gasteiger partial charge in [0.15, 0.2) is 11.6 Å². The van der Waals surface area contributed by atoms with Crippen LogP contribution < -0.4 is 35.0 Å². The third-order valence-corrected chi connectivity index (χ3v) is 27.8. The van der Waals surface area contributed by atoms with E-state index >= 15 is 0 Å². The lowest BCUT2D eigenvalue weighted by molar-refractivity contribution is -0.139. The van der Waals surface area contributed by atoms with Gasteiger partial charge in [-0.05, 0) is 147 Å². The number of hydrogen-bond acceptors (Lipinski definition) is 23. The second-order valence-electron chi connectivity index (χ2n) is 36.3. The summed E-state index contributed by atoms with van der Waals surface area (Å²) in [5.41, 5.74) is 16.0. The molecule has 0 saturated carbocycles. The van der Waals surface area contributed by atoms with Gasteiger partial charge >= 0.3 is 12.8 Å². The number of piperidine rings is 5. The summed E-state index contributed by atoms with van der Waals surface area (Å²) in [5.74, 6) is 3.53. The number of nitrogens with one attached hydrogen (secondary N) is 5. The lowest BCUT2D eigenvalue weighted by Gasteiger charge is -2.39. The quantitative estimate of drug-likeness (QED) is 0.0410. The van der Waals surface area contributed by atoms with Crippen molar-refractivity contribution in [2.75, 3.05) is 89.9 Å². The summed E-state index contributed by atoms with van der Waals surface area (Å²) in [6.07, 6.45) is 23.2. The van der Waals surface area contributed by atoms with E-state index in [-0.39, 0.29) is 33.7 Å². The van der Waals surface area contributed by atoms with Gasteiger partial charge in [-0.15, -0.1) is 6.42 Å². The lowest BCUT2D eigenvalue weighted by Crippen LogP contribution is -2.49. The molecule has 5 aliphatic rings. The number of terminal acetylenes is 1. The van der Waals surface area contributed by atoms with Crippen LogP contribution in [0.2, 0.25) is 10.0 Å². The average molecular weight is 1870 g/mol. The number of anilines is 5. The molecule has 15 heterocycles. The van der Waals surface area contributed by atoms with Crippen LogP contribution >= 0.6 is 23.2 Å². The number of nitrogens with zero attached hydrogens (tertiary/aromatic N) is 21. The minimum atomic E-state index is -4.78.